The van der Waals surface area contributed by atoms with Crippen LogP contribution in [0.15, 0.2) is 103 Å². The molecule has 3 aromatic heterocycles. The highest BCUT2D eigenvalue weighted by molar-refractivity contribution is 8.00. The second-order valence-corrected chi connectivity index (χ2v) is 34.0. The zero-order valence-electron chi connectivity index (χ0n) is 62.6. The molecule has 0 unspecified atom stereocenters. The van der Waals surface area contributed by atoms with Crippen molar-refractivity contribution in [2.24, 2.45) is 22.0 Å². The van der Waals surface area contributed by atoms with Crippen molar-refractivity contribution in [1.82, 2.24) is 45.9 Å². The van der Waals surface area contributed by atoms with Crippen LogP contribution in [0.25, 0.3) is 0 Å². The molecule has 0 spiro atoms. The first-order valence-corrected chi connectivity index (χ1v) is 38.0. The fourth-order valence-electron chi connectivity index (χ4n) is 12.8. The number of nitrogens with zero attached hydrogens (tertiary/aromatic N) is 11. The molecule has 6 aliphatic heterocycles. The second kappa shape index (κ2) is 33.5. The van der Waals surface area contributed by atoms with E-state index in [9.17, 15) is 50.3 Å². The lowest BCUT2D eigenvalue weighted by molar-refractivity contribution is -0.118. The second-order valence-electron chi connectivity index (χ2n) is 30.5. The number of nitrogens with two attached hydrogens (primary N) is 4. The van der Waals surface area contributed by atoms with Crippen molar-refractivity contribution in [3.05, 3.63) is 95.0 Å². The molecule has 11 N–H and O–H groups in total. The molecule has 12 rings (SSSR count). The Hall–Kier alpha value is -8.31. The number of alkyl carbamates (subject to hydrolysis) is 2. The van der Waals surface area contributed by atoms with Gasteiger partial charge in [0.05, 0.1) is 72.0 Å². The molecule has 0 aliphatic carbocycles. The fraction of sp³-hybridized carbons (Fsp3) is 0.521. The van der Waals surface area contributed by atoms with Crippen LogP contribution in [0.1, 0.15) is 138 Å². The predicted octanol–water partition coefficient (Wildman–Crippen LogP) is 13.3. The Morgan fingerprint density at radius 2 is 0.824 bits per heavy atom. The van der Waals surface area contributed by atoms with Gasteiger partial charge in [-0.25, -0.2) is 39.5 Å². The van der Waals surface area contributed by atoms with Crippen LogP contribution in [0.5, 0.6) is 0 Å². The predicted molar refractivity (Wildman–Crippen MR) is 409 cm³/mol. The number of hydrogen-bond acceptors (Lipinski definition) is 23. The standard InChI is InChI=1S/C26H34F2N6O3S.C21H26F2N6OS.C14H11ClF2N4OS.C12H24N2O2/c1-16(35)34-15-26(27,28)20-17(34)7-6-8-18(20)38-22-21(29)32-19(13-30-22)33-11-9-25(5,10-12-33)14-31-23(36)37-24(2,3)4;1-13(30)29-12-21(22,23)17-14(29)4-3-5-15(17)31-19-18(25)27-16(10-26-19)28-8-6-20(2,11-24)7-9-28;1-7(22)21-6-14(16,17)11-8(21)3-2-4-9(11)23-13-12(18)20-10(15)5-19-13;1-11(2,3)16-10(15)14-9-12(4)5-7-13-8-6-12/h6-8,13H,9-12,14-15H2,1-5H3,(H2,29,32)(H,31,36);3-5,10H,6-9,11-12,24H2,1-2H3,(H2,25,27);2-5H,6H2,1H3,(H2,18,20);13H,5-9H2,1-4H3,(H,14,15). The van der Waals surface area contributed by atoms with Crippen LogP contribution in [0.2, 0.25) is 5.15 Å². The summed E-state index contributed by atoms with van der Waals surface area (Å²) in [5.41, 5.74) is 23.3. The highest BCUT2D eigenvalue weighted by atomic mass is 35.5. The summed E-state index contributed by atoms with van der Waals surface area (Å²) in [5, 5.41) is 10.1. The molecule has 35 heteroatoms. The van der Waals surface area contributed by atoms with E-state index >= 15 is 0 Å². The van der Waals surface area contributed by atoms with Crippen molar-refractivity contribution >= 4 is 123 Å². The molecular formula is C73H95ClF6N18O7S3. The molecule has 9 heterocycles. The first-order valence-electron chi connectivity index (χ1n) is 35.2. The van der Waals surface area contributed by atoms with Gasteiger partial charge in [-0.3, -0.25) is 14.4 Å². The Kier molecular flexibility index (Phi) is 26.0. The minimum Gasteiger partial charge on any atom is -0.444 e. The number of piperidine rings is 3. The summed E-state index contributed by atoms with van der Waals surface area (Å²) < 4.78 is 98.4. The van der Waals surface area contributed by atoms with Gasteiger partial charge in [0.1, 0.15) is 43.1 Å². The van der Waals surface area contributed by atoms with Crippen LogP contribution >= 0.6 is 46.9 Å². The number of nitrogens with one attached hydrogen (secondary N) is 3. The average Bonchev–Trinajstić information content (AvgIpc) is 1.61. The SMILES string of the molecule is CC(=O)N1CC(F)(F)c2c(Sc3ncc(Cl)nc3N)cccc21.CC(=O)N1CC(F)(F)c2c(Sc3ncc(N4CCC(C)(CN)CC4)nc3N)cccc21.CC(=O)N1CC(F)(F)c2c(Sc3ncc(N4CCC(C)(CNC(=O)OC(C)(C)C)CC4)nc3N)cccc21.CC1(CNC(=O)OC(C)(C)C)CCNCC1. The molecule has 0 atom stereocenters. The molecule has 3 saturated heterocycles. The Morgan fingerprint density at radius 1 is 0.509 bits per heavy atom. The number of amides is 5. The third-order valence-electron chi connectivity index (χ3n) is 19.1. The van der Waals surface area contributed by atoms with Gasteiger partial charge in [0, 0.05) is 74.7 Å². The van der Waals surface area contributed by atoms with Crippen LogP contribution in [0.3, 0.4) is 0 Å². The van der Waals surface area contributed by atoms with Crippen molar-refractivity contribution in [2.75, 3.05) is 120 Å². The number of rotatable bonds is 13. The van der Waals surface area contributed by atoms with Gasteiger partial charge in [-0.05, 0) is 152 Å². The lowest BCUT2D eigenvalue weighted by Gasteiger charge is -2.40. The maximum Gasteiger partial charge on any atom is 0.407 e. The minimum absolute atomic E-state index is 0.0600. The van der Waals surface area contributed by atoms with Gasteiger partial charge in [0.2, 0.25) is 17.7 Å². The number of halogens is 7. The van der Waals surface area contributed by atoms with Crippen molar-refractivity contribution in [2.45, 2.75) is 180 Å². The van der Waals surface area contributed by atoms with Crippen molar-refractivity contribution in [3.63, 3.8) is 0 Å². The Labute approximate surface area is 642 Å². The maximum atomic E-state index is 14.8. The lowest BCUT2D eigenvalue weighted by atomic mass is 9.80. The maximum absolute atomic E-state index is 14.8. The molecule has 3 aromatic carbocycles. The molecule has 25 nitrogen and oxygen atoms in total. The number of alkyl halides is 6. The van der Waals surface area contributed by atoms with Crippen LogP contribution in [0.4, 0.5) is 82.1 Å². The van der Waals surface area contributed by atoms with E-state index < -0.39 is 72.4 Å². The van der Waals surface area contributed by atoms with Crippen LogP contribution in [-0.4, -0.2) is 150 Å². The molecule has 6 aromatic rings. The quantitative estimate of drug-likeness (QED) is 0.0528. The monoisotopic (exact) mass is 1580 g/mol. The van der Waals surface area contributed by atoms with Gasteiger partial charge in [-0.1, -0.05) is 85.9 Å². The Bertz CT molecular complexity index is 4290. The molecule has 0 saturated carbocycles. The summed E-state index contributed by atoms with van der Waals surface area (Å²) in [6.07, 6.45) is 9.54. The van der Waals surface area contributed by atoms with E-state index in [0.717, 1.165) is 115 Å². The summed E-state index contributed by atoms with van der Waals surface area (Å²) in [6.45, 7) is 26.4. The first-order chi connectivity index (χ1) is 50.4. The van der Waals surface area contributed by atoms with Crippen molar-refractivity contribution in [3.8, 4) is 0 Å². The third kappa shape index (κ3) is 21.0. The van der Waals surface area contributed by atoms with Crippen molar-refractivity contribution < 1.29 is 59.8 Å². The van der Waals surface area contributed by atoms with Gasteiger partial charge in [-0.2, -0.15) is 26.3 Å². The summed E-state index contributed by atoms with van der Waals surface area (Å²) in [7, 11) is 0. The Morgan fingerprint density at radius 3 is 1.13 bits per heavy atom. The Balaban J connectivity index is 0.000000173. The topological polar surface area (TPSA) is 338 Å². The molecule has 0 bridgehead atoms. The van der Waals surface area contributed by atoms with Crippen LogP contribution < -0.4 is 63.4 Å². The minimum atomic E-state index is -3.18. The molecule has 3 fully saturated rings. The smallest absolute Gasteiger partial charge is 0.407 e. The number of carbonyl (C=O) groups is 5. The van der Waals surface area contributed by atoms with Gasteiger partial charge in [0.25, 0.3) is 17.8 Å². The molecule has 5 amide bonds. The molecule has 6 aliphatic rings. The summed E-state index contributed by atoms with van der Waals surface area (Å²) in [5.74, 6) is -9.06. The van der Waals surface area contributed by atoms with Gasteiger partial charge >= 0.3 is 12.2 Å². The number of fused-ring (bicyclic) bond motifs is 3. The third-order valence-corrected chi connectivity index (χ3v) is 22.4. The number of aromatic nitrogens is 6. The van der Waals surface area contributed by atoms with Crippen molar-refractivity contribution in [1.29, 1.82) is 0 Å². The lowest BCUT2D eigenvalue weighted by Crippen LogP contribution is -2.46. The zero-order chi connectivity index (χ0) is 79.3. The largest absolute Gasteiger partial charge is 0.444 e. The van der Waals surface area contributed by atoms with Crippen LogP contribution in [-0.2, 0) is 41.6 Å². The number of nitrogen functional groups attached to an aromatic ring is 3. The van der Waals surface area contributed by atoms with E-state index in [4.69, 9.17) is 44.0 Å². The van der Waals surface area contributed by atoms with E-state index in [1.54, 1.807) is 42.7 Å². The fourth-order valence-corrected chi connectivity index (χ4v) is 15.9. The molecule has 586 valence electrons. The van der Waals surface area contributed by atoms with E-state index in [-0.39, 0.29) is 93.5 Å². The van der Waals surface area contributed by atoms with Crippen LogP contribution in [0, 0.1) is 16.2 Å². The van der Waals surface area contributed by atoms with Gasteiger partial charge < -0.3 is 72.9 Å². The highest BCUT2D eigenvalue weighted by Crippen LogP contribution is 2.53. The number of benzene rings is 3. The first kappa shape index (κ1) is 83.7. The normalized spacial score (nSPS) is 18.3. The summed E-state index contributed by atoms with van der Waals surface area (Å²) in [4.78, 5) is 92.8. The average molecular weight is 1580 g/mol. The molecular weight excluding hydrogens is 1490 g/mol. The number of ether oxygens (including phenoxy) is 2. The van der Waals surface area contributed by atoms with Gasteiger partial charge in [-0.15, -0.1) is 0 Å². The molecule has 0 radical (unpaired) electrons. The van der Waals surface area contributed by atoms with E-state index in [1.807, 2.05) is 41.5 Å². The van der Waals surface area contributed by atoms with E-state index in [0.29, 0.717) is 59.3 Å². The summed E-state index contributed by atoms with van der Waals surface area (Å²) >= 11 is 8.71. The highest BCUT2D eigenvalue weighted by Gasteiger charge is 2.50. The number of carbonyl (C=O) groups excluding carboxylic acids is 5. The zero-order valence-corrected chi connectivity index (χ0v) is 65.8. The number of anilines is 8. The van der Waals surface area contributed by atoms with Gasteiger partial charge in [0.15, 0.2) is 17.5 Å². The molecule has 108 heavy (non-hydrogen) atoms. The number of hydrogen-bond donors (Lipinski definition) is 7. The van der Waals surface area contributed by atoms with E-state index in [1.165, 1.54) is 51.2 Å². The van der Waals surface area contributed by atoms with E-state index in [2.05, 4.69) is 76.4 Å². The summed E-state index contributed by atoms with van der Waals surface area (Å²) in [6, 6.07) is 14.2.